The van der Waals surface area contributed by atoms with Gasteiger partial charge in [0.25, 0.3) is 5.56 Å². The maximum absolute atomic E-state index is 13.0. The van der Waals surface area contributed by atoms with E-state index in [0.717, 1.165) is 11.3 Å². The number of benzene rings is 2. The summed E-state index contributed by atoms with van der Waals surface area (Å²) in [5.41, 5.74) is 2.28. The van der Waals surface area contributed by atoms with Gasteiger partial charge in [-0.1, -0.05) is 31.5 Å². The van der Waals surface area contributed by atoms with E-state index in [4.69, 9.17) is 0 Å². The summed E-state index contributed by atoms with van der Waals surface area (Å²) in [6.07, 6.45) is 0. The number of aryl methyl sites for hydroxylation is 1. The summed E-state index contributed by atoms with van der Waals surface area (Å²) in [5, 5.41) is 10.3. The van der Waals surface area contributed by atoms with Gasteiger partial charge in [0.15, 0.2) is 0 Å². The normalized spacial score (nSPS) is 11.3. The second kappa shape index (κ2) is 5.81. The zero-order valence-corrected chi connectivity index (χ0v) is 14.8. The average Bonchev–Trinajstić information content (AvgIpc) is 2.52. The number of aromatic nitrogens is 2. The van der Waals surface area contributed by atoms with Gasteiger partial charge in [0, 0.05) is 5.92 Å². The maximum atomic E-state index is 13.0. The van der Waals surface area contributed by atoms with Crippen molar-refractivity contribution in [3.8, 4) is 11.4 Å². The molecule has 118 valence electrons. The standard InChI is InChI=1S/C18H17BrN2O2/c1-10(2)17-20-16-13(8-9-14(22)15(16)19)18(23)21(17)12-6-4-11(3)5-7-12/h4-10,22H,1-3H3. The molecular weight excluding hydrogens is 356 g/mol. The molecule has 3 aromatic rings. The molecule has 4 nitrogen and oxygen atoms in total. The molecule has 0 fully saturated rings. The van der Waals surface area contributed by atoms with Gasteiger partial charge >= 0.3 is 0 Å². The predicted octanol–water partition coefficient (Wildman–Crippen LogP) is 4.29. The van der Waals surface area contributed by atoms with Crippen LogP contribution in [-0.4, -0.2) is 14.7 Å². The van der Waals surface area contributed by atoms with Gasteiger partial charge in [-0.15, -0.1) is 0 Å². The van der Waals surface area contributed by atoms with Crippen molar-refractivity contribution in [2.75, 3.05) is 0 Å². The van der Waals surface area contributed by atoms with Crippen LogP contribution in [0.3, 0.4) is 0 Å². The Hall–Kier alpha value is -2.14. The fraction of sp³-hybridized carbons (Fsp3) is 0.222. The number of fused-ring (bicyclic) bond motifs is 1. The van der Waals surface area contributed by atoms with Gasteiger partial charge in [-0.05, 0) is 47.1 Å². The second-order valence-corrected chi connectivity index (χ2v) is 6.69. The van der Waals surface area contributed by atoms with Crippen LogP contribution in [0, 0.1) is 6.92 Å². The van der Waals surface area contributed by atoms with Crippen molar-refractivity contribution in [3.63, 3.8) is 0 Å². The molecule has 0 unspecified atom stereocenters. The van der Waals surface area contributed by atoms with E-state index in [-0.39, 0.29) is 17.2 Å². The highest BCUT2D eigenvalue weighted by atomic mass is 79.9. The predicted molar refractivity (Wildman–Crippen MR) is 95.5 cm³/mol. The first-order chi connectivity index (χ1) is 10.9. The minimum absolute atomic E-state index is 0.0580. The Morgan fingerprint density at radius 1 is 1.13 bits per heavy atom. The van der Waals surface area contributed by atoms with Crippen LogP contribution in [0.15, 0.2) is 45.7 Å². The highest BCUT2D eigenvalue weighted by Crippen LogP contribution is 2.31. The smallest absolute Gasteiger partial charge is 0.266 e. The Labute approximate surface area is 142 Å². The SMILES string of the molecule is Cc1ccc(-n2c(C(C)C)nc3c(Br)c(O)ccc3c2=O)cc1. The zero-order valence-electron chi connectivity index (χ0n) is 13.2. The van der Waals surface area contributed by atoms with Crippen molar-refractivity contribution >= 4 is 26.8 Å². The van der Waals surface area contributed by atoms with E-state index in [9.17, 15) is 9.90 Å². The molecule has 0 bridgehead atoms. The summed E-state index contributed by atoms with van der Waals surface area (Å²) >= 11 is 3.33. The molecule has 0 radical (unpaired) electrons. The lowest BCUT2D eigenvalue weighted by atomic mass is 10.1. The van der Waals surface area contributed by atoms with E-state index in [2.05, 4.69) is 20.9 Å². The van der Waals surface area contributed by atoms with Crippen molar-refractivity contribution in [1.82, 2.24) is 9.55 Å². The lowest BCUT2D eigenvalue weighted by molar-refractivity contribution is 0.472. The van der Waals surface area contributed by atoms with Crippen molar-refractivity contribution in [1.29, 1.82) is 0 Å². The molecule has 5 heteroatoms. The number of phenolic OH excluding ortho intramolecular Hbond substituents is 1. The van der Waals surface area contributed by atoms with E-state index < -0.39 is 0 Å². The summed E-state index contributed by atoms with van der Waals surface area (Å²) in [6.45, 7) is 6.00. The van der Waals surface area contributed by atoms with Gasteiger partial charge in [0.05, 0.1) is 21.1 Å². The minimum Gasteiger partial charge on any atom is -0.507 e. The van der Waals surface area contributed by atoms with Crippen LogP contribution in [0.25, 0.3) is 16.6 Å². The lowest BCUT2D eigenvalue weighted by Crippen LogP contribution is -2.24. The molecule has 0 atom stereocenters. The Balaban J connectivity index is 2.43. The van der Waals surface area contributed by atoms with Crippen molar-refractivity contribution in [2.24, 2.45) is 0 Å². The van der Waals surface area contributed by atoms with Crippen LogP contribution in [0.1, 0.15) is 31.2 Å². The van der Waals surface area contributed by atoms with Gasteiger partial charge in [0.1, 0.15) is 11.6 Å². The summed E-state index contributed by atoms with van der Waals surface area (Å²) in [5.74, 6) is 0.799. The number of nitrogens with zero attached hydrogens (tertiary/aromatic N) is 2. The molecule has 1 aromatic heterocycles. The van der Waals surface area contributed by atoms with Crippen molar-refractivity contribution in [3.05, 3.63) is 62.6 Å². The molecule has 0 aliphatic carbocycles. The Morgan fingerprint density at radius 3 is 2.39 bits per heavy atom. The van der Waals surface area contributed by atoms with Gasteiger partial charge in [-0.3, -0.25) is 9.36 Å². The molecule has 3 rings (SSSR count). The van der Waals surface area contributed by atoms with Crippen LogP contribution in [0.4, 0.5) is 0 Å². The van der Waals surface area contributed by atoms with E-state index in [1.807, 2.05) is 45.0 Å². The fourth-order valence-electron chi connectivity index (χ4n) is 2.56. The fourth-order valence-corrected chi connectivity index (χ4v) is 2.99. The molecule has 2 aromatic carbocycles. The molecule has 1 heterocycles. The van der Waals surface area contributed by atoms with Gasteiger partial charge < -0.3 is 5.11 Å². The van der Waals surface area contributed by atoms with Crippen molar-refractivity contribution < 1.29 is 5.11 Å². The molecule has 0 saturated carbocycles. The van der Waals surface area contributed by atoms with Gasteiger partial charge in [0.2, 0.25) is 0 Å². The van der Waals surface area contributed by atoms with E-state index >= 15 is 0 Å². The largest absolute Gasteiger partial charge is 0.507 e. The van der Waals surface area contributed by atoms with Crippen LogP contribution in [0.2, 0.25) is 0 Å². The number of halogens is 1. The molecular formula is C18H17BrN2O2. The van der Waals surface area contributed by atoms with Crippen LogP contribution < -0.4 is 5.56 Å². The summed E-state index contributed by atoms with van der Waals surface area (Å²) < 4.78 is 2.10. The molecule has 0 aliphatic heterocycles. The Morgan fingerprint density at radius 2 is 1.78 bits per heavy atom. The first kappa shape index (κ1) is 15.7. The first-order valence-electron chi connectivity index (χ1n) is 7.41. The maximum Gasteiger partial charge on any atom is 0.266 e. The van der Waals surface area contributed by atoms with E-state index in [1.165, 1.54) is 6.07 Å². The minimum atomic E-state index is -0.136. The summed E-state index contributed by atoms with van der Waals surface area (Å²) in [6, 6.07) is 10.9. The first-order valence-corrected chi connectivity index (χ1v) is 8.20. The Bertz CT molecular complexity index is 944. The number of rotatable bonds is 2. The number of hydrogen-bond acceptors (Lipinski definition) is 3. The number of phenols is 1. The highest BCUT2D eigenvalue weighted by molar-refractivity contribution is 9.10. The van der Waals surface area contributed by atoms with E-state index in [1.54, 1.807) is 10.6 Å². The quantitative estimate of drug-likeness (QED) is 0.729. The molecule has 0 aliphatic rings. The second-order valence-electron chi connectivity index (χ2n) is 5.90. The van der Waals surface area contributed by atoms with Gasteiger partial charge in [-0.2, -0.15) is 0 Å². The molecule has 0 spiro atoms. The van der Waals surface area contributed by atoms with Crippen LogP contribution >= 0.6 is 15.9 Å². The van der Waals surface area contributed by atoms with Crippen molar-refractivity contribution in [2.45, 2.75) is 26.7 Å². The number of aromatic hydroxyl groups is 1. The average molecular weight is 373 g/mol. The van der Waals surface area contributed by atoms with E-state index in [0.29, 0.717) is 21.2 Å². The molecule has 1 N–H and O–H groups in total. The van der Waals surface area contributed by atoms with Gasteiger partial charge in [-0.25, -0.2) is 4.98 Å². The van der Waals surface area contributed by atoms with Crippen LogP contribution in [-0.2, 0) is 0 Å². The lowest BCUT2D eigenvalue weighted by Gasteiger charge is -2.17. The molecule has 0 saturated heterocycles. The third-order valence-electron chi connectivity index (χ3n) is 3.79. The highest BCUT2D eigenvalue weighted by Gasteiger charge is 2.17. The molecule has 23 heavy (non-hydrogen) atoms. The number of hydrogen-bond donors (Lipinski definition) is 1. The third-order valence-corrected chi connectivity index (χ3v) is 4.58. The van der Waals surface area contributed by atoms with Crippen LogP contribution in [0.5, 0.6) is 5.75 Å². The topological polar surface area (TPSA) is 55.1 Å². The molecule has 0 amide bonds. The monoisotopic (exact) mass is 372 g/mol. The summed E-state index contributed by atoms with van der Waals surface area (Å²) in [7, 11) is 0. The Kier molecular flexibility index (Phi) is 3.98. The third kappa shape index (κ3) is 2.65. The summed E-state index contributed by atoms with van der Waals surface area (Å²) in [4.78, 5) is 17.7. The zero-order chi connectivity index (χ0) is 16.7.